The Labute approximate surface area is 137 Å². The van der Waals surface area contributed by atoms with E-state index in [0.717, 1.165) is 10.0 Å². The first-order valence-corrected chi connectivity index (χ1v) is 7.60. The number of hydrogen-bond donors (Lipinski definition) is 1. The molecule has 1 N–H and O–H groups in total. The highest BCUT2D eigenvalue weighted by Crippen LogP contribution is 2.28. The smallest absolute Gasteiger partial charge is 0.138 e. The van der Waals surface area contributed by atoms with Gasteiger partial charge in [0, 0.05) is 16.0 Å². The van der Waals surface area contributed by atoms with Crippen LogP contribution in [0.4, 0.5) is 11.5 Å². The standard InChI is InChI=1S/C15H14BrClN4/c1-8(2)14-20-13(17)9(3)15(21-14)19-12-5-4-11(16)6-10(12)7-18/h4-6,8H,1-3H3,(H,19,20,21). The van der Waals surface area contributed by atoms with Gasteiger partial charge < -0.3 is 5.32 Å². The van der Waals surface area contributed by atoms with E-state index in [-0.39, 0.29) is 5.92 Å². The zero-order valence-corrected chi connectivity index (χ0v) is 14.2. The van der Waals surface area contributed by atoms with Crippen molar-refractivity contribution >= 4 is 39.0 Å². The summed E-state index contributed by atoms with van der Waals surface area (Å²) >= 11 is 9.52. The van der Waals surface area contributed by atoms with Crippen LogP contribution in [0, 0.1) is 18.3 Å². The summed E-state index contributed by atoms with van der Waals surface area (Å²) < 4.78 is 0.852. The van der Waals surface area contributed by atoms with E-state index < -0.39 is 0 Å². The molecule has 0 saturated heterocycles. The molecule has 0 amide bonds. The summed E-state index contributed by atoms with van der Waals surface area (Å²) in [4.78, 5) is 8.77. The molecule has 4 nitrogen and oxygen atoms in total. The molecule has 0 atom stereocenters. The Hall–Kier alpha value is -1.64. The van der Waals surface area contributed by atoms with Crippen molar-refractivity contribution in [2.24, 2.45) is 0 Å². The van der Waals surface area contributed by atoms with E-state index in [1.54, 1.807) is 6.07 Å². The van der Waals surface area contributed by atoms with Crippen LogP contribution in [0.15, 0.2) is 22.7 Å². The van der Waals surface area contributed by atoms with Gasteiger partial charge in [-0.25, -0.2) is 9.97 Å². The lowest BCUT2D eigenvalue weighted by Crippen LogP contribution is -2.05. The van der Waals surface area contributed by atoms with E-state index >= 15 is 0 Å². The number of rotatable bonds is 3. The number of nitriles is 1. The van der Waals surface area contributed by atoms with Gasteiger partial charge in [0.15, 0.2) is 0 Å². The Morgan fingerprint density at radius 1 is 1.33 bits per heavy atom. The van der Waals surface area contributed by atoms with Crippen molar-refractivity contribution < 1.29 is 0 Å². The Bertz CT molecular complexity index is 722. The van der Waals surface area contributed by atoms with Crippen molar-refractivity contribution in [2.75, 3.05) is 5.32 Å². The molecule has 1 aromatic heterocycles. The number of aromatic nitrogens is 2. The fourth-order valence-electron chi connectivity index (χ4n) is 1.73. The van der Waals surface area contributed by atoms with Crippen molar-refractivity contribution in [3.8, 4) is 6.07 Å². The number of anilines is 2. The summed E-state index contributed by atoms with van der Waals surface area (Å²) in [6.45, 7) is 5.86. The molecule has 1 aromatic carbocycles. The van der Waals surface area contributed by atoms with Gasteiger partial charge in [0.05, 0.1) is 11.3 Å². The number of benzene rings is 1. The van der Waals surface area contributed by atoms with Crippen molar-refractivity contribution in [1.82, 2.24) is 9.97 Å². The van der Waals surface area contributed by atoms with Gasteiger partial charge in [0.25, 0.3) is 0 Å². The summed E-state index contributed by atoms with van der Waals surface area (Å²) in [5.41, 5.74) is 1.98. The van der Waals surface area contributed by atoms with Gasteiger partial charge >= 0.3 is 0 Å². The van der Waals surface area contributed by atoms with Gasteiger partial charge in [0.1, 0.15) is 22.9 Å². The molecule has 0 aliphatic rings. The number of nitrogens with one attached hydrogen (secondary N) is 1. The molecule has 0 radical (unpaired) electrons. The summed E-state index contributed by atoms with van der Waals surface area (Å²) in [5, 5.41) is 12.8. The van der Waals surface area contributed by atoms with Crippen LogP contribution in [0.25, 0.3) is 0 Å². The van der Waals surface area contributed by atoms with Gasteiger partial charge in [-0.3, -0.25) is 0 Å². The Morgan fingerprint density at radius 3 is 2.67 bits per heavy atom. The van der Waals surface area contributed by atoms with Crippen molar-refractivity contribution in [3.63, 3.8) is 0 Å². The zero-order chi connectivity index (χ0) is 15.6. The Kier molecular flexibility index (Phi) is 4.81. The third kappa shape index (κ3) is 3.52. The molecule has 2 aromatic rings. The van der Waals surface area contributed by atoms with Crippen LogP contribution in [-0.2, 0) is 0 Å². The fraction of sp³-hybridized carbons (Fsp3) is 0.267. The number of nitrogens with zero attached hydrogens (tertiary/aromatic N) is 3. The number of hydrogen-bond acceptors (Lipinski definition) is 4. The highest BCUT2D eigenvalue weighted by atomic mass is 79.9. The van der Waals surface area contributed by atoms with E-state index in [1.165, 1.54) is 0 Å². The highest BCUT2D eigenvalue weighted by Gasteiger charge is 2.13. The van der Waals surface area contributed by atoms with Crippen LogP contribution in [0.5, 0.6) is 0 Å². The van der Waals surface area contributed by atoms with Crippen molar-refractivity contribution in [2.45, 2.75) is 26.7 Å². The molecule has 0 saturated carbocycles. The molecule has 1 heterocycles. The fourth-order valence-corrected chi connectivity index (χ4v) is 2.27. The van der Waals surface area contributed by atoms with Crippen LogP contribution in [0.2, 0.25) is 5.15 Å². The van der Waals surface area contributed by atoms with Gasteiger partial charge in [0.2, 0.25) is 0 Å². The zero-order valence-electron chi connectivity index (χ0n) is 11.9. The minimum absolute atomic E-state index is 0.170. The second kappa shape index (κ2) is 6.42. The first-order chi connectivity index (χ1) is 9.92. The SMILES string of the molecule is Cc1c(Cl)nc(C(C)C)nc1Nc1ccc(Br)cc1C#N. The van der Waals surface area contributed by atoms with E-state index in [2.05, 4.69) is 37.3 Å². The van der Waals surface area contributed by atoms with Crippen LogP contribution >= 0.6 is 27.5 Å². The minimum Gasteiger partial charge on any atom is -0.339 e. The lowest BCUT2D eigenvalue weighted by molar-refractivity contribution is 0.773. The molecule has 0 unspecified atom stereocenters. The van der Waals surface area contributed by atoms with Crippen LogP contribution in [-0.4, -0.2) is 9.97 Å². The van der Waals surface area contributed by atoms with E-state index in [4.69, 9.17) is 11.6 Å². The monoisotopic (exact) mass is 364 g/mol. The summed E-state index contributed by atoms with van der Waals surface area (Å²) in [6, 6.07) is 7.61. The predicted octanol–water partition coefficient (Wildman–Crippen LogP) is 4.94. The largest absolute Gasteiger partial charge is 0.339 e. The third-order valence-electron chi connectivity index (χ3n) is 2.98. The van der Waals surface area contributed by atoms with Crippen molar-refractivity contribution in [1.29, 1.82) is 5.26 Å². The second-order valence-corrected chi connectivity index (χ2v) is 6.20. The Morgan fingerprint density at radius 2 is 2.05 bits per heavy atom. The highest BCUT2D eigenvalue weighted by molar-refractivity contribution is 9.10. The minimum atomic E-state index is 0.170. The maximum atomic E-state index is 9.22. The summed E-state index contributed by atoms with van der Waals surface area (Å²) in [5.74, 6) is 1.46. The average molecular weight is 366 g/mol. The van der Waals surface area contributed by atoms with E-state index in [0.29, 0.717) is 28.0 Å². The Balaban J connectivity index is 2.47. The van der Waals surface area contributed by atoms with Gasteiger partial charge in [-0.2, -0.15) is 5.26 Å². The molecule has 0 aliphatic heterocycles. The van der Waals surface area contributed by atoms with E-state index in [9.17, 15) is 5.26 Å². The summed E-state index contributed by atoms with van der Waals surface area (Å²) in [7, 11) is 0. The molecule has 0 aliphatic carbocycles. The van der Waals surface area contributed by atoms with Crippen LogP contribution in [0.1, 0.15) is 36.7 Å². The van der Waals surface area contributed by atoms with Crippen LogP contribution < -0.4 is 5.32 Å². The first kappa shape index (κ1) is 15.7. The topological polar surface area (TPSA) is 61.6 Å². The molecule has 0 bridgehead atoms. The lowest BCUT2D eigenvalue weighted by Gasteiger charge is -2.14. The molecule has 6 heteroatoms. The maximum absolute atomic E-state index is 9.22. The third-order valence-corrected chi connectivity index (χ3v) is 3.84. The predicted molar refractivity (Wildman–Crippen MR) is 88.0 cm³/mol. The first-order valence-electron chi connectivity index (χ1n) is 6.43. The second-order valence-electron chi connectivity index (χ2n) is 4.93. The van der Waals surface area contributed by atoms with Crippen molar-refractivity contribution in [3.05, 3.63) is 44.8 Å². The van der Waals surface area contributed by atoms with Crippen LogP contribution in [0.3, 0.4) is 0 Å². The molecular formula is C15H14BrClN4. The maximum Gasteiger partial charge on any atom is 0.138 e. The van der Waals surface area contributed by atoms with Gasteiger partial charge in [-0.15, -0.1) is 0 Å². The molecule has 2 rings (SSSR count). The normalized spacial score (nSPS) is 10.5. The average Bonchev–Trinajstić information content (AvgIpc) is 2.45. The number of halogens is 2. The quantitative estimate of drug-likeness (QED) is 0.783. The van der Waals surface area contributed by atoms with Gasteiger partial charge in [-0.1, -0.05) is 41.4 Å². The molecular weight excluding hydrogens is 352 g/mol. The summed E-state index contributed by atoms with van der Waals surface area (Å²) in [6.07, 6.45) is 0. The van der Waals surface area contributed by atoms with Gasteiger partial charge in [-0.05, 0) is 25.1 Å². The molecule has 21 heavy (non-hydrogen) atoms. The molecule has 0 spiro atoms. The lowest BCUT2D eigenvalue weighted by atomic mass is 10.2. The molecule has 108 valence electrons. The van der Waals surface area contributed by atoms with E-state index in [1.807, 2.05) is 32.9 Å². The molecule has 0 fully saturated rings.